The van der Waals surface area contributed by atoms with Crippen molar-refractivity contribution in [1.82, 2.24) is 13.9 Å². The molecule has 1 atom stereocenters. The quantitative estimate of drug-likeness (QED) is 0.626. The van der Waals surface area contributed by atoms with Crippen LogP contribution < -0.4 is 4.72 Å². The van der Waals surface area contributed by atoms with Gasteiger partial charge in [-0.05, 0) is 56.1 Å². The van der Waals surface area contributed by atoms with Gasteiger partial charge in [0.15, 0.2) is 0 Å². The smallest absolute Gasteiger partial charge is 0.243 e. The number of sulfonamides is 2. The zero-order chi connectivity index (χ0) is 22.6. The van der Waals surface area contributed by atoms with Gasteiger partial charge in [-0.15, -0.1) is 0 Å². The first kappa shape index (κ1) is 23.8. The molecule has 1 N–H and O–H groups in total. The summed E-state index contributed by atoms with van der Waals surface area (Å²) in [6, 6.07) is 10.7. The lowest BCUT2D eigenvalue weighted by molar-refractivity contribution is 0.0730. The van der Waals surface area contributed by atoms with Crippen LogP contribution in [0.3, 0.4) is 0 Å². The Balaban J connectivity index is 1.73. The van der Waals surface area contributed by atoms with E-state index in [1.165, 1.54) is 40.7 Å². The number of hydrogen-bond donors (Lipinski definition) is 1. The van der Waals surface area contributed by atoms with Crippen LogP contribution in [0.4, 0.5) is 4.39 Å². The van der Waals surface area contributed by atoms with Gasteiger partial charge in [0.05, 0.1) is 23.0 Å². The molecule has 1 unspecified atom stereocenters. The van der Waals surface area contributed by atoms with Crippen molar-refractivity contribution in [3.8, 4) is 0 Å². The Hall–Kier alpha value is -1.89. The number of morpholine rings is 1. The van der Waals surface area contributed by atoms with Crippen molar-refractivity contribution in [3.05, 3.63) is 59.9 Å². The van der Waals surface area contributed by atoms with Gasteiger partial charge >= 0.3 is 0 Å². The molecule has 0 aliphatic carbocycles. The molecular formula is C20H26FN3O5S2. The Labute approximate surface area is 182 Å². The fraction of sp³-hybridized carbons (Fsp3) is 0.400. The minimum Gasteiger partial charge on any atom is -0.379 e. The molecule has 1 fully saturated rings. The molecule has 0 spiro atoms. The minimum absolute atomic E-state index is 0.0332. The van der Waals surface area contributed by atoms with Gasteiger partial charge < -0.3 is 9.64 Å². The molecule has 8 nitrogen and oxygen atoms in total. The molecule has 2 aromatic carbocycles. The molecule has 31 heavy (non-hydrogen) atoms. The lowest BCUT2D eigenvalue weighted by Crippen LogP contribution is -2.40. The van der Waals surface area contributed by atoms with Gasteiger partial charge in [0.25, 0.3) is 0 Å². The maximum Gasteiger partial charge on any atom is 0.243 e. The van der Waals surface area contributed by atoms with Gasteiger partial charge in [0, 0.05) is 25.7 Å². The van der Waals surface area contributed by atoms with E-state index in [2.05, 4.69) is 4.72 Å². The molecule has 0 bridgehead atoms. The minimum atomic E-state index is -3.87. The summed E-state index contributed by atoms with van der Waals surface area (Å²) in [5, 5.41) is 0. The summed E-state index contributed by atoms with van der Waals surface area (Å²) >= 11 is 0. The maximum atomic E-state index is 13.2. The zero-order valence-electron chi connectivity index (χ0n) is 17.4. The SMILES string of the molecule is CN(C)C(CNS(=O)(=O)c1ccc(S(=O)(=O)N2CCOCC2)cc1)c1ccc(F)cc1. The number of rotatable bonds is 8. The summed E-state index contributed by atoms with van der Waals surface area (Å²) in [7, 11) is -3.97. The van der Waals surface area contributed by atoms with Crippen LogP contribution in [0.2, 0.25) is 0 Å². The molecule has 2 aromatic rings. The molecule has 0 radical (unpaired) electrons. The number of benzene rings is 2. The van der Waals surface area contributed by atoms with Crippen LogP contribution in [0.1, 0.15) is 11.6 Å². The number of ether oxygens (including phenoxy) is 1. The van der Waals surface area contributed by atoms with E-state index in [4.69, 9.17) is 4.74 Å². The largest absolute Gasteiger partial charge is 0.379 e. The summed E-state index contributed by atoms with van der Waals surface area (Å²) in [6.45, 7) is 1.25. The number of halogens is 1. The second-order valence-corrected chi connectivity index (χ2v) is 11.1. The van der Waals surface area contributed by atoms with Crippen molar-refractivity contribution in [2.45, 2.75) is 15.8 Å². The molecular weight excluding hydrogens is 445 g/mol. The van der Waals surface area contributed by atoms with Crippen molar-refractivity contribution >= 4 is 20.0 Å². The molecule has 1 aliphatic heterocycles. The third kappa shape index (κ3) is 5.68. The molecule has 1 aliphatic rings. The fourth-order valence-corrected chi connectivity index (χ4v) is 5.73. The number of nitrogens with zero attached hydrogens (tertiary/aromatic N) is 2. The predicted molar refractivity (Wildman–Crippen MR) is 114 cm³/mol. The van der Waals surface area contributed by atoms with Crippen LogP contribution in [0, 0.1) is 5.82 Å². The summed E-state index contributed by atoms with van der Waals surface area (Å²) in [4.78, 5) is 1.82. The maximum absolute atomic E-state index is 13.2. The number of likely N-dealkylation sites (N-methyl/N-ethyl adjacent to an activating group) is 1. The topological polar surface area (TPSA) is 96.0 Å². The highest BCUT2D eigenvalue weighted by atomic mass is 32.2. The average molecular weight is 472 g/mol. The Bertz CT molecular complexity index is 1080. The Morgan fingerprint density at radius 3 is 2.06 bits per heavy atom. The molecule has 1 saturated heterocycles. The van der Waals surface area contributed by atoms with Crippen molar-refractivity contribution in [1.29, 1.82) is 0 Å². The first-order chi connectivity index (χ1) is 14.6. The summed E-state index contributed by atoms with van der Waals surface area (Å²) in [6.07, 6.45) is 0. The average Bonchev–Trinajstić information content (AvgIpc) is 2.75. The highest BCUT2D eigenvalue weighted by Gasteiger charge is 2.27. The zero-order valence-corrected chi connectivity index (χ0v) is 19.0. The van der Waals surface area contributed by atoms with Gasteiger partial charge in [-0.25, -0.2) is 25.9 Å². The van der Waals surface area contributed by atoms with Gasteiger partial charge in [0.2, 0.25) is 20.0 Å². The predicted octanol–water partition coefficient (Wildman–Crippen LogP) is 1.43. The van der Waals surface area contributed by atoms with Crippen LogP contribution in [0.25, 0.3) is 0 Å². The van der Waals surface area contributed by atoms with Crippen molar-refractivity contribution in [2.75, 3.05) is 46.9 Å². The molecule has 0 saturated carbocycles. The van der Waals surface area contributed by atoms with E-state index in [0.29, 0.717) is 13.2 Å². The summed E-state index contributed by atoms with van der Waals surface area (Å²) in [5.74, 6) is -0.367. The highest BCUT2D eigenvalue weighted by molar-refractivity contribution is 7.89. The van der Waals surface area contributed by atoms with Gasteiger partial charge in [-0.3, -0.25) is 0 Å². The first-order valence-electron chi connectivity index (χ1n) is 9.71. The first-order valence-corrected chi connectivity index (χ1v) is 12.6. The number of hydrogen-bond acceptors (Lipinski definition) is 6. The van der Waals surface area contributed by atoms with Gasteiger partial charge in [0.1, 0.15) is 5.82 Å². The molecule has 0 amide bonds. The Morgan fingerprint density at radius 1 is 0.968 bits per heavy atom. The fourth-order valence-electron chi connectivity index (χ4n) is 3.28. The van der Waals surface area contributed by atoms with Crippen molar-refractivity contribution < 1.29 is 26.0 Å². The monoisotopic (exact) mass is 471 g/mol. The number of nitrogens with one attached hydrogen (secondary N) is 1. The van der Waals surface area contributed by atoms with Crippen molar-refractivity contribution in [2.24, 2.45) is 0 Å². The van der Waals surface area contributed by atoms with E-state index in [1.807, 2.05) is 4.90 Å². The van der Waals surface area contributed by atoms with E-state index >= 15 is 0 Å². The standard InChI is InChI=1S/C20H26FN3O5S2/c1-23(2)20(16-3-5-17(21)6-4-16)15-22-30(25,26)18-7-9-19(10-8-18)31(27,28)24-11-13-29-14-12-24/h3-10,20,22H,11-15H2,1-2H3. The van der Waals surface area contributed by atoms with Crippen LogP contribution in [-0.4, -0.2) is 73.0 Å². The van der Waals surface area contributed by atoms with Gasteiger partial charge in [-0.1, -0.05) is 12.1 Å². The molecule has 3 rings (SSSR count). The lowest BCUT2D eigenvalue weighted by Gasteiger charge is -2.26. The van der Waals surface area contributed by atoms with Crippen LogP contribution >= 0.6 is 0 Å². The van der Waals surface area contributed by atoms with Crippen molar-refractivity contribution in [3.63, 3.8) is 0 Å². The molecule has 0 aromatic heterocycles. The van der Waals surface area contributed by atoms with E-state index in [9.17, 15) is 21.2 Å². The van der Waals surface area contributed by atoms with Crippen LogP contribution in [-0.2, 0) is 24.8 Å². The molecule has 1 heterocycles. The van der Waals surface area contributed by atoms with Crippen LogP contribution in [0.5, 0.6) is 0 Å². The highest BCUT2D eigenvalue weighted by Crippen LogP contribution is 2.21. The van der Waals surface area contributed by atoms with E-state index < -0.39 is 20.0 Å². The third-order valence-electron chi connectivity index (χ3n) is 5.09. The lowest BCUT2D eigenvalue weighted by atomic mass is 10.1. The normalized spacial score (nSPS) is 17.0. The second kappa shape index (κ2) is 9.72. The Kier molecular flexibility index (Phi) is 7.45. The second-order valence-electron chi connectivity index (χ2n) is 7.37. The van der Waals surface area contributed by atoms with E-state index in [1.54, 1.807) is 26.2 Å². The molecule has 11 heteroatoms. The van der Waals surface area contributed by atoms with E-state index in [-0.39, 0.29) is 41.3 Å². The van der Waals surface area contributed by atoms with E-state index in [0.717, 1.165) is 5.56 Å². The third-order valence-corrected chi connectivity index (χ3v) is 8.44. The summed E-state index contributed by atoms with van der Waals surface area (Å²) in [5.41, 5.74) is 0.765. The Morgan fingerprint density at radius 2 is 1.52 bits per heavy atom. The summed E-state index contributed by atoms with van der Waals surface area (Å²) < 4.78 is 73.1. The van der Waals surface area contributed by atoms with Gasteiger partial charge in [-0.2, -0.15) is 4.31 Å². The molecule has 170 valence electrons. The van der Waals surface area contributed by atoms with Crippen LogP contribution in [0.15, 0.2) is 58.3 Å².